The van der Waals surface area contributed by atoms with Crippen LogP contribution in [0.25, 0.3) is 0 Å². The van der Waals surface area contributed by atoms with E-state index >= 15 is 0 Å². The minimum atomic E-state index is 0.189. The number of rotatable bonds is 1. The Hall–Kier alpha value is -1.14. The van der Waals surface area contributed by atoms with Gasteiger partial charge in [-0.05, 0) is 34.1 Å². The van der Waals surface area contributed by atoms with Crippen LogP contribution in [0.5, 0.6) is 0 Å². The van der Waals surface area contributed by atoms with Gasteiger partial charge in [0.2, 0.25) is 0 Å². The molecule has 0 aliphatic heterocycles. The number of hydrogen-bond donors (Lipinski definition) is 0. The highest BCUT2D eigenvalue weighted by Crippen LogP contribution is 2.09. The molecule has 0 heterocycles. The van der Waals surface area contributed by atoms with Crippen molar-refractivity contribution < 1.29 is 0 Å². The summed E-state index contributed by atoms with van der Waals surface area (Å²) in [7, 11) is 0. The molecule has 0 bridgehead atoms. The quantitative estimate of drug-likeness (QED) is 0.209. The predicted octanol–water partition coefficient (Wildman–Crippen LogP) is 17.8. The van der Waals surface area contributed by atoms with Crippen LogP contribution in [0.2, 0.25) is 0 Å². The van der Waals surface area contributed by atoms with Crippen LogP contribution in [0.15, 0.2) is 12.7 Å². The van der Waals surface area contributed by atoms with Crippen molar-refractivity contribution in [2.24, 2.45) is 5.41 Å². The first kappa shape index (κ1) is 97.4. The molecule has 0 nitrogen and oxygen atoms in total. The molecule has 0 heteroatoms. The zero-order valence-corrected chi connectivity index (χ0v) is 36.7. The zero-order valence-electron chi connectivity index (χ0n) is 36.7. The molecule has 41 heavy (non-hydrogen) atoms. The van der Waals surface area contributed by atoms with Crippen LogP contribution >= 0.6 is 0 Å². The molecule has 266 valence electrons. The van der Waals surface area contributed by atoms with Crippen LogP contribution in [-0.4, -0.2) is 0 Å². The van der Waals surface area contributed by atoms with Gasteiger partial charge in [0, 0.05) is 11.8 Å². The van der Waals surface area contributed by atoms with Crippen LogP contribution in [0.3, 0.4) is 0 Å². The lowest BCUT2D eigenvalue weighted by molar-refractivity contribution is 0.571. The van der Waals surface area contributed by atoms with Gasteiger partial charge in [-0.3, -0.25) is 0 Å². The molecule has 0 saturated carbocycles. The molecule has 0 unspecified atom stereocenters. The van der Waals surface area contributed by atoms with E-state index in [0.717, 1.165) is 12.8 Å². The Morgan fingerprint density at radius 3 is 0.634 bits per heavy atom. The molecule has 0 aromatic carbocycles. The number of allylic oxidation sites excluding steroid dienone is 1. The maximum Gasteiger partial charge on any atom is 0.0230 e. The van der Waals surface area contributed by atoms with Gasteiger partial charge >= 0.3 is 0 Å². The van der Waals surface area contributed by atoms with Gasteiger partial charge in [-0.2, -0.15) is 0 Å². The molecular weight excluding hydrogens is 492 g/mol. The molecule has 0 amide bonds. The Balaban J connectivity index is -0.0000000140. The van der Waals surface area contributed by atoms with Gasteiger partial charge in [0.25, 0.3) is 0 Å². The summed E-state index contributed by atoms with van der Waals surface area (Å²) in [6, 6.07) is 0. The fourth-order valence-corrected chi connectivity index (χ4v) is 0.375. The second-order valence-corrected chi connectivity index (χ2v) is 5.29. The van der Waals surface area contributed by atoms with Crippen molar-refractivity contribution in [2.45, 2.75) is 233 Å². The lowest BCUT2D eigenvalue weighted by Crippen LogP contribution is -1.98. The average Bonchev–Trinajstić information content (AvgIpc) is 3.07. The summed E-state index contributed by atoms with van der Waals surface area (Å²) in [5.74, 6) is 8.32. The predicted molar refractivity (Wildman–Crippen MR) is 218 cm³/mol. The van der Waals surface area contributed by atoms with E-state index in [1.807, 2.05) is 158 Å². The summed E-state index contributed by atoms with van der Waals surface area (Å²) in [5, 5.41) is 0. The second kappa shape index (κ2) is 337. The van der Waals surface area contributed by atoms with Crippen molar-refractivity contribution in [3.8, 4) is 24.2 Å². The largest absolute Gasteiger partial charge is 0.120 e. The molecule has 0 aromatic rings. The van der Waals surface area contributed by atoms with Crippen LogP contribution in [0.1, 0.15) is 233 Å². The molecule has 0 atom stereocenters. The summed E-state index contributed by atoms with van der Waals surface area (Å²) in [4.78, 5) is 0. The van der Waals surface area contributed by atoms with Crippen molar-refractivity contribution in [1.82, 2.24) is 0 Å². The highest BCUT2D eigenvalue weighted by molar-refractivity contribution is 5.04. The lowest BCUT2D eigenvalue weighted by Gasteiger charge is -2.05. The van der Waals surface area contributed by atoms with Gasteiger partial charge < -0.3 is 0 Å². The fourth-order valence-electron chi connectivity index (χ4n) is 0.375. The summed E-state index contributed by atoms with van der Waals surface area (Å²) in [5.41, 5.74) is 0.189. The third-order valence-corrected chi connectivity index (χ3v) is 0.993. The van der Waals surface area contributed by atoms with E-state index in [1.54, 1.807) is 0 Å². The maximum atomic E-state index is 4.78. The van der Waals surface area contributed by atoms with E-state index < -0.39 is 0 Å². The van der Waals surface area contributed by atoms with E-state index in [9.17, 15) is 0 Å². The first-order chi connectivity index (χ1) is 19.7. The topological polar surface area (TPSA) is 0 Å². The molecule has 0 rings (SSSR count). The van der Waals surface area contributed by atoms with Crippen molar-refractivity contribution in [3.63, 3.8) is 0 Å². The van der Waals surface area contributed by atoms with Crippen molar-refractivity contribution in [2.75, 3.05) is 0 Å². The van der Waals surface area contributed by atoms with Crippen LogP contribution in [-0.2, 0) is 0 Å². The smallest absolute Gasteiger partial charge is 0.0230 e. The van der Waals surface area contributed by atoms with E-state index in [1.165, 1.54) is 12.8 Å². The van der Waals surface area contributed by atoms with E-state index in [4.69, 9.17) is 6.42 Å². The minimum absolute atomic E-state index is 0.189. The van der Waals surface area contributed by atoms with Crippen molar-refractivity contribution in [1.29, 1.82) is 0 Å². The van der Waals surface area contributed by atoms with E-state index in [2.05, 4.69) is 79.7 Å². The van der Waals surface area contributed by atoms with Crippen LogP contribution in [0, 0.1) is 29.6 Å². The minimum Gasteiger partial charge on any atom is -0.120 e. The Morgan fingerprint density at radius 2 is 0.634 bits per heavy atom. The maximum absolute atomic E-state index is 4.78. The lowest BCUT2D eigenvalue weighted by atomic mass is 9.98. The SMILES string of the molecule is C#CCC.C=CCC.CC.CC.CC.CC.CC.CC.CC.CC.CC.CC.CC#CC(C)(C)C.CCC.CCC. The fraction of sp³-hybridized carbons (Fsp3) is 0.854. The first-order valence-electron chi connectivity index (χ1n) is 18.2. The van der Waals surface area contributed by atoms with Crippen LogP contribution < -0.4 is 0 Å². The highest BCUT2D eigenvalue weighted by atomic mass is 14.0. The molecule has 0 aromatic heterocycles. The first-order valence-corrected chi connectivity index (χ1v) is 18.2. The van der Waals surface area contributed by atoms with Gasteiger partial charge in [0.1, 0.15) is 0 Å². The van der Waals surface area contributed by atoms with Gasteiger partial charge in [-0.25, -0.2) is 0 Å². The van der Waals surface area contributed by atoms with Crippen molar-refractivity contribution in [3.05, 3.63) is 12.7 Å². The Kier molecular flexibility index (Phi) is 800. The van der Waals surface area contributed by atoms with Crippen molar-refractivity contribution >= 4 is 0 Å². The molecule has 0 radical (unpaired) electrons. The number of hydrogen-bond acceptors (Lipinski definition) is 0. The zero-order chi connectivity index (χ0) is 38.2. The van der Waals surface area contributed by atoms with Gasteiger partial charge in [-0.15, -0.1) is 24.8 Å². The van der Waals surface area contributed by atoms with Gasteiger partial charge in [0.15, 0.2) is 0 Å². The average molecular weight is 595 g/mol. The molecule has 0 spiro atoms. The van der Waals surface area contributed by atoms with Gasteiger partial charge in [0.05, 0.1) is 0 Å². The highest BCUT2D eigenvalue weighted by Gasteiger charge is 2.01. The van der Waals surface area contributed by atoms with E-state index in [-0.39, 0.29) is 5.41 Å². The second-order valence-electron chi connectivity index (χ2n) is 5.29. The molecule has 0 aliphatic carbocycles. The third kappa shape index (κ3) is 2240. The Labute approximate surface area is 275 Å². The molecule has 0 N–H and O–H groups in total. The van der Waals surface area contributed by atoms with Gasteiger partial charge in [-0.1, -0.05) is 205 Å². The molecule has 0 saturated heterocycles. The monoisotopic (exact) mass is 595 g/mol. The molecular formula is C41H102. The Bertz CT molecular complexity index is 232. The normalized spacial score (nSPS) is 5.10. The molecule has 0 aliphatic rings. The molecule has 0 fully saturated rings. The Morgan fingerprint density at radius 1 is 0.512 bits per heavy atom. The third-order valence-electron chi connectivity index (χ3n) is 0.993. The standard InChI is InChI=1S/C7H12.C4H8.C4H6.2C3H8.10C2H6/c1-5-6-7(2,3)4;2*1-3-4-2;2*1-3-2;10*1-2/h1-4H3;3H,1,4H2,2H3;1H,4H2,2H3;2*3H2,1-2H3;10*1-2H3. The van der Waals surface area contributed by atoms with E-state index in [0.29, 0.717) is 0 Å². The summed E-state index contributed by atoms with van der Waals surface area (Å²) >= 11 is 0. The summed E-state index contributed by atoms with van der Waals surface area (Å²) in [6.45, 7) is 64.2. The number of terminal acetylenes is 1. The summed E-state index contributed by atoms with van der Waals surface area (Å²) < 4.78 is 0. The van der Waals surface area contributed by atoms with Crippen LogP contribution in [0.4, 0.5) is 0 Å². The summed E-state index contributed by atoms with van der Waals surface area (Å²) in [6.07, 6.45) is 11.1.